The van der Waals surface area contributed by atoms with E-state index < -0.39 is 0 Å². The summed E-state index contributed by atoms with van der Waals surface area (Å²) in [4.78, 5) is 13.9. The van der Waals surface area contributed by atoms with Crippen LogP contribution in [0.3, 0.4) is 0 Å². The Morgan fingerprint density at radius 1 is 1.70 bits per heavy atom. The van der Waals surface area contributed by atoms with Gasteiger partial charge in [-0.25, -0.2) is 0 Å². The highest BCUT2D eigenvalue weighted by Crippen LogP contribution is 2.02. The molecule has 0 aromatic carbocycles. The number of rotatable bonds is 1. The van der Waals surface area contributed by atoms with Gasteiger partial charge in [0.2, 0.25) is 0 Å². The molecule has 0 atom stereocenters. The van der Waals surface area contributed by atoms with Crippen molar-refractivity contribution in [2.24, 2.45) is 0 Å². The van der Waals surface area contributed by atoms with Crippen molar-refractivity contribution in [2.75, 3.05) is 5.73 Å². The summed E-state index contributed by atoms with van der Waals surface area (Å²) < 4.78 is 0. The van der Waals surface area contributed by atoms with Gasteiger partial charge in [0.05, 0.1) is 5.69 Å². The molecule has 1 aromatic heterocycles. The fraction of sp³-hybridized carbons (Fsp3) is 0. The lowest BCUT2D eigenvalue weighted by Gasteiger charge is -1.97. The van der Waals surface area contributed by atoms with Crippen LogP contribution in [-0.4, -0.2) is 19.1 Å². The van der Waals surface area contributed by atoms with Crippen LogP contribution in [0.25, 0.3) is 0 Å². The van der Waals surface area contributed by atoms with Gasteiger partial charge in [0.1, 0.15) is 7.85 Å². The summed E-state index contributed by atoms with van der Waals surface area (Å²) in [7, 11) is 5.28. The molecule has 0 unspecified atom stereocenters. The molecule has 0 saturated carbocycles. The minimum atomic E-state index is 0.302. The maximum absolute atomic E-state index is 10.2. The molecule has 48 valence electrons. The average molecular weight is 132 g/mol. The molecular weight excluding hydrogens is 127 g/mol. The normalized spacial score (nSPS) is 9.20. The molecule has 10 heavy (non-hydrogen) atoms. The summed E-state index contributed by atoms with van der Waals surface area (Å²) in [5.41, 5.74) is 6.39. The number of nitrogens with two attached hydrogens (primary N) is 1. The molecule has 0 saturated heterocycles. The van der Waals surface area contributed by atoms with Crippen molar-refractivity contribution in [3.8, 4) is 0 Å². The second-order valence-corrected chi connectivity index (χ2v) is 1.86. The van der Waals surface area contributed by atoms with Gasteiger partial charge >= 0.3 is 0 Å². The Bertz CT molecular complexity index is 262. The third-order valence-electron chi connectivity index (χ3n) is 1.12. The van der Waals surface area contributed by atoms with Crippen molar-refractivity contribution in [3.63, 3.8) is 0 Å². The topological polar surface area (TPSA) is 56.0 Å². The Hall–Kier alpha value is -1.32. The number of hydrogen-bond donors (Lipinski definition) is 1. The zero-order chi connectivity index (χ0) is 7.56. The Balaban J connectivity index is 3.21. The van der Waals surface area contributed by atoms with E-state index in [1.54, 1.807) is 0 Å². The summed E-state index contributed by atoms with van der Waals surface area (Å²) in [6.45, 7) is 0. The minimum absolute atomic E-state index is 0.302. The van der Waals surface area contributed by atoms with Gasteiger partial charge in [-0.3, -0.25) is 9.78 Å². The Morgan fingerprint density at radius 2 is 2.40 bits per heavy atom. The smallest absolute Gasteiger partial charge is 0.152 e. The fourth-order valence-corrected chi connectivity index (χ4v) is 0.601. The maximum atomic E-state index is 10.2. The largest absolute Gasteiger partial charge is 0.397 e. The van der Waals surface area contributed by atoms with Crippen molar-refractivity contribution in [1.82, 2.24) is 4.98 Å². The molecule has 1 aromatic rings. The van der Waals surface area contributed by atoms with Gasteiger partial charge in [0, 0.05) is 11.8 Å². The van der Waals surface area contributed by atoms with Crippen molar-refractivity contribution in [1.29, 1.82) is 0 Å². The lowest BCUT2D eigenvalue weighted by molar-refractivity contribution is 0.112. The predicted molar refractivity (Wildman–Crippen MR) is 39.4 cm³/mol. The van der Waals surface area contributed by atoms with E-state index in [-0.39, 0.29) is 0 Å². The van der Waals surface area contributed by atoms with Gasteiger partial charge in [-0.05, 0) is 11.7 Å². The summed E-state index contributed by atoms with van der Waals surface area (Å²) >= 11 is 0. The first-order valence-corrected chi connectivity index (χ1v) is 2.70. The van der Waals surface area contributed by atoms with Crippen LogP contribution in [0.4, 0.5) is 5.69 Å². The van der Waals surface area contributed by atoms with E-state index in [1.165, 1.54) is 12.3 Å². The Kier molecular flexibility index (Phi) is 1.71. The summed E-state index contributed by atoms with van der Waals surface area (Å²) in [5, 5.41) is 0. The first-order valence-electron chi connectivity index (χ1n) is 2.70. The summed E-state index contributed by atoms with van der Waals surface area (Å²) in [6, 6.07) is 1.43. The fourth-order valence-electron chi connectivity index (χ4n) is 0.601. The number of carbonyl (C=O) groups excluding carboxylic acids is 1. The number of nitrogens with zero attached hydrogens (tertiary/aromatic N) is 1. The van der Waals surface area contributed by atoms with E-state index in [9.17, 15) is 4.79 Å². The van der Waals surface area contributed by atoms with E-state index in [0.29, 0.717) is 23.1 Å². The molecule has 0 aliphatic heterocycles. The van der Waals surface area contributed by atoms with Crippen LogP contribution in [-0.2, 0) is 0 Å². The van der Waals surface area contributed by atoms with Crippen molar-refractivity contribution in [3.05, 3.63) is 17.8 Å². The molecule has 2 radical (unpaired) electrons. The summed E-state index contributed by atoms with van der Waals surface area (Å²) in [5.74, 6) is 0. The molecule has 0 aliphatic carbocycles. The van der Waals surface area contributed by atoms with Gasteiger partial charge < -0.3 is 5.73 Å². The SMILES string of the molecule is [B]c1cc(C=O)c(N)cn1. The monoisotopic (exact) mass is 132 g/mol. The number of pyridine rings is 1. The lowest BCUT2D eigenvalue weighted by Crippen LogP contribution is -2.10. The number of hydrogen-bond acceptors (Lipinski definition) is 3. The molecule has 0 aliphatic rings. The van der Waals surface area contributed by atoms with Crippen LogP contribution in [0.5, 0.6) is 0 Å². The van der Waals surface area contributed by atoms with Gasteiger partial charge in [-0.2, -0.15) is 0 Å². The van der Waals surface area contributed by atoms with Crippen LogP contribution in [0.1, 0.15) is 10.4 Å². The van der Waals surface area contributed by atoms with E-state index >= 15 is 0 Å². The second-order valence-electron chi connectivity index (χ2n) is 1.86. The number of aldehydes is 1. The van der Waals surface area contributed by atoms with E-state index in [2.05, 4.69) is 4.98 Å². The van der Waals surface area contributed by atoms with Crippen LogP contribution >= 0.6 is 0 Å². The zero-order valence-electron chi connectivity index (χ0n) is 5.24. The highest BCUT2D eigenvalue weighted by atomic mass is 16.1. The average Bonchev–Trinajstić information content (AvgIpc) is 1.94. The molecule has 4 heteroatoms. The highest BCUT2D eigenvalue weighted by Gasteiger charge is 1.95. The van der Waals surface area contributed by atoms with Crippen LogP contribution in [0.2, 0.25) is 0 Å². The van der Waals surface area contributed by atoms with E-state index in [0.717, 1.165) is 0 Å². The van der Waals surface area contributed by atoms with Crippen molar-refractivity contribution < 1.29 is 4.79 Å². The Morgan fingerprint density at radius 3 is 2.90 bits per heavy atom. The lowest BCUT2D eigenvalue weighted by atomic mass is 10.0. The van der Waals surface area contributed by atoms with Gasteiger partial charge in [0.15, 0.2) is 6.29 Å². The molecule has 2 N–H and O–H groups in total. The minimum Gasteiger partial charge on any atom is -0.397 e. The number of anilines is 1. The number of nitrogen functional groups attached to an aromatic ring is 1. The van der Waals surface area contributed by atoms with Crippen molar-refractivity contribution >= 4 is 25.4 Å². The van der Waals surface area contributed by atoms with Crippen molar-refractivity contribution in [2.45, 2.75) is 0 Å². The third-order valence-corrected chi connectivity index (χ3v) is 1.12. The predicted octanol–water partition coefficient (Wildman–Crippen LogP) is -0.730. The van der Waals surface area contributed by atoms with Crippen LogP contribution in [0, 0.1) is 0 Å². The molecule has 0 spiro atoms. The standard InChI is InChI=1S/C6H5BN2O/c7-6-1-4(3-10)5(8)2-9-6/h1-3H,8H2. The van der Waals surface area contributed by atoms with Crippen LogP contribution < -0.4 is 11.3 Å². The number of carbonyl (C=O) groups is 1. The molecular formula is C6H5BN2O. The van der Waals surface area contributed by atoms with Gasteiger partial charge in [0.25, 0.3) is 0 Å². The maximum Gasteiger partial charge on any atom is 0.152 e. The molecule has 0 fully saturated rings. The highest BCUT2D eigenvalue weighted by molar-refractivity contribution is 6.31. The molecule has 3 nitrogen and oxygen atoms in total. The first-order chi connectivity index (χ1) is 4.74. The quantitative estimate of drug-likeness (QED) is 0.404. The first kappa shape index (κ1) is 6.80. The molecule has 0 amide bonds. The van der Waals surface area contributed by atoms with Gasteiger partial charge in [-0.15, -0.1) is 0 Å². The third kappa shape index (κ3) is 1.15. The second kappa shape index (κ2) is 2.52. The summed E-state index contributed by atoms with van der Waals surface area (Å²) in [6.07, 6.45) is 2.01. The molecule has 0 bridgehead atoms. The number of aromatic nitrogens is 1. The van der Waals surface area contributed by atoms with E-state index in [1.807, 2.05) is 0 Å². The zero-order valence-corrected chi connectivity index (χ0v) is 5.24. The van der Waals surface area contributed by atoms with E-state index in [4.69, 9.17) is 13.6 Å². The van der Waals surface area contributed by atoms with Gasteiger partial charge in [-0.1, -0.05) is 0 Å². The van der Waals surface area contributed by atoms with Crippen LogP contribution in [0.15, 0.2) is 12.3 Å². The molecule has 1 heterocycles. The molecule has 1 rings (SSSR count). The Labute approximate surface area is 59.7 Å².